The van der Waals surface area contributed by atoms with E-state index in [2.05, 4.69) is 20.3 Å². The Morgan fingerprint density at radius 1 is 1.47 bits per heavy atom. The lowest BCUT2D eigenvalue weighted by atomic mass is 10.2. The van der Waals surface area contributed by atoms with Crippen molar-refractivity contribution >= 4 is 23.2 Å². The van der Waals surface area contributed by atoms with Crippen LogP contribution >= 0.6 is 11.6 Å². The Morgan fingerprint density at radius 2 is 2.32 bits per heavy atom. The number of H-pyrrole nitrogens is 1. The van der Waals surface area contributed by atoms with Crippen LogP contribution in [0.4, 0.5) is 5.69 Å². The lowest BCUT2D eigenvalue weighted by molar-refractivity contribution is 0.0954. The summed E-state index contributed by atoms with van der Waals surface area (Å²) in [4.78, 5) is 22.8. The monoisotopic (exact) mass is 279 g/mol. The number of imidazole rings is 1. The minimum atomic E-state index is -0.249. The number of amides is 1. The van der Waals surface area contributed by atoms with Crippen molar-refractivity contribution in [1.82, 2.24) is 20.3 Å². The number of pyridine rings is 1. The van der Waals surface area contributed by atoms with Crippen molar-refractivity contribution in [2.45, 2.75) is 12.8 Å². The zero-order valence-electron chi connectivity index (χ0n) is 10.2. The van der Waals surface area contributed by atoms with Gasteiger partial charge in [-0.05, 0) is 12.5 Å². The van der Waals surface area contributed by atoms with Crippen LogP contribution < -0.4 is 11.1 Å². The summed E-state index contributed by atoms with van der Waals surface area (Å²) in [6.45, 7) is 0.541. The molecular formula is C12H14ClN5O. The van der Waals surface area contributed by atoms with Crippen LogP contribution in [-0.2, 0) is 6.42 Å². The Balaban J connectivity index is 1.82. The van der Waals surface area contributed by atoms with Gasteiger partial charge in [-0.2, -0.15) is 0 Å². The van der Waals surface area contributed by atoms with Gasteiger partial charge in [0.25, 0.3) is 5.91 Å². The Labute approximate surface area is 115 Å². The summed E-state index contributed by atoms with van der Waals surface area (Å²) >= 11 is 5.73. The summed E-state index contributed by atoms with van der Waals surface area (Å²) in [6.07, 6.45) is 6.42. The number of halogens is 1. The fourth-order valence-corrected chi connectivity index (χ4v) is 1.78. The Bertz CT molecular complexity index is 555. The Hall–Kier alpha value is -2.08. The number of rotatable bonds is 5. The second-order valence-corrected chi connectivity index (χ2v) is 4.38. The average molecular weight is 280 g/mol. The van der Waals surface area contributed by atoms with Crippen molar-refractivity contribution in [3.05, 3.63) is 41.2 Å². The van der Waals surface area contributed by atoms with Gasteiger partial charge in [0, 0.05) is 25.4 Å². The molecule has 19 heavy (non-hydrogen) atoms. The lowest BCUT2D eigenvalue weighted by Gasteiger charge is -2.07. The van der Waals surface area contributed by atoms with Gasteiger partial charge in [0.1, 0.15) is 11.0 Å². The molecule has 0 aliphatic rings. The third kappa shape index (κ3) is 3.69. The summed E-state index contributed by atoms with van der Waals surface area (Å²) in [6, 6.07) is 1.46. The van der Waals surface area contributed by atoms with E-state index in [0.717, 1.165) is 18.7 Å². The first kappa shape index (κ1) is 13.4. The summed E-state index contributed by atoms with van der Waals surface area (Å²) in [7, 11) is 0. The quantitative estimate of drug-likeness (QED) is 0.569. The second-order valence-electron chi connectivity index (χ2n) is 3.99. The van der Waals surface area contributed by atoms with Gasteiger partial charge in [0.05, 0.1) is 17.4 Å². The molecule has 2 aromatic rings. The van der Waals surface area contributed by atoms with Crippen molar-refractivity contribution < 1.29 is 4.79 Å². The largest absolute Gasteiger partial charge is 0.397 e. The number of nitrogens with two attached hydrogens (primary N) is 1. The first-order valence-electron chi connectivity index (χ1n) is 5.84. The van der Waals surface area contributed by atoms with Crippen LogP contribution in [0.5, 0.6) is 0 Å². The molecule has 2 aromatic heterocycles. The number of nitrogens with zero attached hydrogens (tertiary/aromatic N) is 2. The molecule has 1 amide bonds. The van der Waals surface area contributed by atoms with Crippen molar-refractivity contribution in [3.8, 4) is 0 Å². The summed E-state index contributed by atoms with van der Waals surface area (Å²) in [5.41, 5.74) is 6.33. The maximum atomic E-state index is 11.9. The minimum absolute atomic E-state index is 0.245. The molecule has 7 heteroatoms. The molecule has 2 rings (SSSR count). The van der Waals surface area contributed by atoms with Crippen LogP contribution in [0.1, 0.15) is 22.6 Å². The zero-order chi connectivity index (χ0) is 13.7. The molecule has 0 aliphatic carbocycles. The standard InChI is InChI=1S/C12H14ClN5O/c13-10-6-8(9(14)7-18-10)12(19)17-3-1-2-11-15-4-5-16-11/h4-7H,1-3,14H2,(H,15,16)(H,17,19). The Morgan fingerprint density at radius 3 is 3.05 bits per heavy atom. The molecule has 0 aromatic carbocycles. The molecule has 0 aliphatic heterocycles. The number of hydrogen-bond donors (Lipinski definition) is 3. The smallest absolute Gasteiger partial charge is 0.253 e. The van der Waals surface area contributed by atoms with Crippen LogP contribution in [0.3, 0.4) is 0 Å². The fraction of sp³-hybridized carbons (Fsp3) is 0.250. The summed E-state index contributed by atoms with van der Waals surface area (Å²) < 4.78 is 0. The molecule has 100 valence electrons. The fourth-order valence-electron chi connectivity index (χ4n) is 1.62. The van der Waals surface area contributed by atoms with E-state index < -0.39 is 0 Å². The van der Waals surface area contributed by atoms with Crippen molar-refractivity contribution in [3.63, 3.8) is 0 Å². The highest BCUT2D eigenvalue weighted by atomic mass is 35.5. The molecule has 0 saturated heterocycles. The molecular weight excluding hydrogens is 266 g/mol. The van der Waals surface area contributed by atoms with E-state index in [1.165, 1.54) is 12.3 Å². The number of hydrogen-bond acceptors (Lipinski definition) is 4. The predicted octanol–water partition coefficient (Wildman–Crippen LogP) is 1.40. The highest BCUT2D eigenvalue weighted by Gasteiger charge is 2.10. The van der Waals surface area contributed by atoms with Crippen LogP contribution in [0.25, 0.3) is 0 Å². The van der Waals surface area contributed by atoms with Gasteiger partial charge >= 0.3 is 0 Å². The van der Waals surface area contributed by atoms with E-state index in [9.17, 15) is 4.79 Å². The van der Waals surface area contributed by atoms with Crippen molar-refractivity contribution in [1.29, 1.82) is 0 Å². The molecule has 2 heterocycles. The number of anilines is 1. The van der Waals surface area contributed by atoms with Gasteiger partial charge in [-0.1, -0.05) is 11.6 Å². The first-order chi connectivity index (χ1) is 9.16. The highest BCUT2D eigenvalue weighted by molar-refractivity contribution is 6.29. The second kappa shape index (κ2) is 6.19. The van der Waals surface area contributed by atoms with Gasteiger partial charge in [0.15, 0.2) is 0 Å². The average Bonchev–Trinajstić information content (AvgIpc) is 2.90. The van der Waals surface area contributed by atoms with E-state index in [1.54, 1.807) is 12.4 Å². The van der Waals surface area contributed by atoms with E-state index in [4.69, 9.17) is 17.3 Å². The first-order valence-corrected chi connectivity index (χ1v) is 6.22. The number of nitrogens with one attached hydrogen (secondary N) is 2. The number of aromatic nitrogens is 3. The molecule has 0 atom stereocenters. The normalized spacial score (nSPS) is 10.4. The molecule has 0 unspecified atom stereocenters. The van der Waals surface area contributed by atoms with E-state index in [1.807, 2.05) is 0 Å². The van der Waals surface area contributed by atoms with Crippen molar-refractivity contribution in [2.24, 2.45) is 0 Å². The van der Waals surface area contributed by atoms with Crippen LogP contribution in [0.2, 0.25) is 5.15 Å². The number of carbonyl (C=O) groups is 1. The molecule has 0 saturated carbocycles. The third-order valence-electron chi connectivity index (χ3n) is 2.58. The lowest BCUT2D eigenvalue weighted by Crippen LogP contribution is -2.25. The van der Waals surface area contributed by atoms with E-state index >= 15 is 0 Å². The summed E-state index contributed by atoms with van der Waals surface area (Å²) in [5, 5.41) is 3.03. The molecule has 0 radical (unpaired) electrons. The van der Waals surface area contributed by atoms with Crippen LogP contribution in [0, 0.1) is 0 Å². The maximum absolute atomic E-state index is 11.9. The van der Waals surface area contributed by atoms with Crippen LogP contribution in [-0.4, -0.2) is 27.4 Å². The molecule has 0 spiro atoms. The van der Waals surface area contributed by atoms with E-state index in [-0.39, 0.29) is 11.1 Å². The zero-order valence-corrected chi connectivity index (χ0v) is 10.9. The van der Waals surface area contributed by atoms with Gasteiger partial charge in [-0.3, -0.25) is 4.79 Å². The number of nitrogen functional groups attached to an aromatic ring is 1. The minimum Gasteiger partial charge on any atom is -0.397 e. The number of aromatic amines is 1. The summed E-state index contributed by atoms with van der Waals surface area (Å²) in [5.74, 6) is 0.655. The molecule has 6 nitrogen and oxygen atoms in total. The van der Waals surface area contributed by atoms with Crippen LogP contribution in [0.15, 0.2) is 24.7 Å². The molecule has 0 bridgehead atoms. The molecule has 4 N–H and O–H groups in total. The van der Waals surface area contributed by atoms with Gasteiger partial charge in [-0.25, -0.2) is 9.97 Å². The number of carbonyl (C=O) groups excluding carboxylic acids is 1. The van der Waals surface area contributed by atoms with E-state index in [0.29, 0.717) is 17.8 Å². The highest BCUT2D eigenvalue weighted by Crippen LogP contribution is 2.14. The Kier molecular flexibility index (Phi) is 4.35. The van der Waals surface area contributed by atoms with Gasteiger partial charge in [-0.15, -0.1) is 0 Å². The molecule has 0 fully saturated rings. The SMILES string of the molecule is Nc1cnc(Cl)cc1C(=O)NCCCc1ncc[nH]1. The third-order valence-corrected chi connectivity index (χ3v) is 2.78. The predicted molar refractivity (Wildman–Crippen MR) is 72.9 cm³/mol. The maximum Gasteiger partial charge on any atom is 0.253 e. The van der Waals surface area contributed by atoms with Gasteiger partial charge in [0.2, 0.25) is 0 Å². The van der Waals surface area contributed by atoms with Gasteiger partial charge < -0.3 is 16.0 Å². The number of aryl methyl sites for hydroxylation is 1. The topological polar surface area (TPSA) is 96.7 Å². The van der Waals surface area contributed by atoms with Crippen molar-refractivity contribution in [2.75, 3.05) is 12.3 Å².